The van der Waals surface area contributed by atoms with Gasteiger partial charge in [-0.05, 0) is 38.0 Å². The van der Waals surface area contributed by atoms with Crippen LogP contribution in [0.4, 0.5) is 0 Å². The molecule has 0 spiro atoms. The van der Waals surface area contributed by atoms with Crippen LogP contribution in [0.3, 0.4) is 0 Å². The van der Waals surface area contributed by atoms with Crippen molar-refractivity contribution < 1.29 is 9.53 Å². The number of hydrogen-bond acceptors (Lipinski definition) is 4. The van der Waals surface area contributed by atoms with Gasteiger partial charge in [0.25, 0.3) is 5.91 Å². The number of ether oxygens (including phenoxy) is 1. The SMILES string of the molecule is CC/C=C/NC(=O)c1cc(-c2ncc(C)cn2)cc(OC)c1C. The monoisotopic (exact) mass is 311 g/mol. The molecule has 1 N–H and O–H groups in total. The van der Waals surface area contributed by atoms with Gasteiger partial charge in [0.15, 0.2) is 5.82 Å². The Hall–Kier alpha value is -2.69. The molecule has 23 heavy (non-hydrogen) atoms. The van der Waals surface area contributed by atoms with Gasteiger partial charge in [0.1, 0.15) is 5.75 Å². The Labute approximate surface area is 136 Å². The van der Waals surface area contributed by atoms with Crippen molar-refractivity contribution in [1.29, 1.82) is 0 Å². The van der Waals surface area contributed by atoms with E-state index in [4.69, 9.17) is 4.74 Å². The van der Waals surface area contributed by atoms with Crippen LogP contribution in [0.2, 0.25) is 0 Å². The van der Waals surface area contributed by atoms with Crippen LogP contribution in [0.25, 0.3) is 11.4 Å². The molecule has 120 valence electrons. The van der Waals surface area contributed by atoms with E-state index in [2.05, 4.69) is 15.3 Å². The van der Waals surface area contributed by atoms with Gasteiger partial charge >= 0.3 is 0 Å². The first-order valence-electron chi connectivity index (χ1n) is 7.50. The maximum atomic E-state index is 12.4. The highest BCUT2D eigenvalue weighted by Gasteiger charge is 2.15. The second kappa shape index (κ2) is 7.54. The number of allylic oxidation sites excluding steroid dienone is 1. The lowest BCUT2D eigenvalue weighted by Crippen LogP contribution is -2.18. The summed E-state index contributed by atoms with van der Waals surface area (Å²) in [6, 6.07) is 3.64. The molecule has 0 bridgehead atoms. The molecule has 0 aliphatic rings. The Kier molecular flexibility index (Phi) is 5.46. The molecule has 0 saturated carbocycles. The Bertz CT molecular complexity index is 722. The fourth-order valence-corrected chi connectivity index (χ4v) is 2.14. The van der Waals surface area contributed by atoms with Crippen molar-refractivity contribution in [1.82, 2.24) is 15.3 Å². The van der Waals surface area contributed by atoms with Gasteiger partial charge in [-0.3, -0.25) is 4.79 Å². The highest BCUT2D eigenvalue weighted by molar-refractivity contribution is 5.98. The highest BCUT2D eigenvalue weighted by Crippen LogP contribution is 2.28. The first-order valence-corrected chi connectivity index (χ1v) is 7.50. The van der Waals surface area contributed by atoms with Crippen LogP contribution in [0.5, 0.6) is 5.75 Å². The van der Waals surface area contributed by atoms with Crippen molar-refractivity contribution in [2.45, 2.75) is 27.2 Å². The number of nitrogens with zero attached hydrogens (tertiary/aromatic N) is 2. The van der Waals surface area contributed by atoms with Crippen molar-refractivity contribution >= 4 is 5.91 Å². The van der Waals surface area contributed by atoms with Crippen molar-refractivity contribution in [3.05, 3.63) is 53.5 Å². The van der Waals surface area contributed by atoms with Gasteiger partial charge in [-0.25, -0.2) is 9.97 Å². The van der Waals surface area contributed by atoms with E-state index in [1.165, 1.54) is 0 Å². The predicted molar refractivity (Wildman–Crippen MR) is 90.4 cm³/mol. The third-order valence-electron chi connectivity index (χ3n) is 3.43. The minimum Gasteiger partial charge on any atom is -0.496 e. The van der Waals surface area contributed by atoms with Crippen LogP contribution < -0.4 is 10.1 Å². The van der Waals surface area contributed by atoms with E-state index in [1.54, 1.807) is 31.8 Å². The van der Waals surface area contributed by atoms with Crippen LogP contribution in [0.15, 0.2) is 36.8 Å². The Morgan fingerprint density at radius 2 is 1.96 bits per heavy atom. The zero-order valence-corrected chi connectivity index (χ0v) is 13.9. The maximum Gasteiger partial charge on any atom is 0.255 e. The van der Waals surface area contributed by atoms with Crippen molar-refractivity contribution in [3.8, 4) is 17.1 Å². The van der Waals surface area contributed by atoms with Crippen LogP contribution in [0, 0.1) is 13.8 Å². The summed E-state index contributed by atoms with van der Waals surface area (Å²) in [6.45, 7) is 5.79. The molecule has 1 amide bonds. The molecule has 2 rings (SSSR count). The summed E-state index contributed by atoms with van der Waals surface area (Å²) in [7, 11) is 1.58. The second-order valence-corrected chi connectivity index (χ2v) is 5.22. The fourth-order valence-electron chi connectivity index (χ4n) is 2.14. The molecule has 0 aliphatic heterocycles. The Morgan fingerprint density at radius 1 is 1.26 bits per heavy atom. The molecule has 5 heteroatoms. The van der Waals surface area contributed by atoms with Crippen LogP contribution >= 0.6 is 0 Å². The van der Waals surface area contributed by atoms with E-state index < -0.39 is 0 Å². The molecule has 0 fully saturated rings. The number of benzene rings is 1. The zero-order valence-electron chi connectivity index (χ0n) is 13.9. The van der Waals surface area contributed by atoms with Gasteiger partial charge in [0, 0.05) is 35.3 Å². The van der Waals surface area contributed by atoms with Crippen molar-refractivity contribution in [3.63, 3.8) is 0 Å². The van der Waals surface area contributed by atoms with E-state index in [0.29, 0.717) is 17.1 Å². The molecule has 1 aromatic heterocycles. The molecule has 0 unspecified atom stereocenters. The molecule has 1 heterocycles. The summed E-state index contributed by atoms with van der Waals surface area (Å²) in [6.07, 6.45) is 7.90. The summed E-state index contributed by atoms with van der Waals surface area (Å²) in [5.74, 6) is 1.02. The summed E-state index contributed by atoms with van der Waals surface area (Å²) in [5, 5.41) is 2.76. The van der Waals surface area contributed by atoms with Crippen LogP contribution in [-0.4, -0.2) is 23.0 Å². The lowest BCUT2D eigenvalue weighted by atomic mass is 10.0. The maximum absolute atomic E-state index is 12.4. The second-order valence-electron chi connectivity index (χ2n) is 5.22. The zero-order chi connectivity index (χ0) is 16.8. The average molecular weight is 311 g/mol. The molecule has 0 aliphatic carbocycles. The number of aromatic nitrogens is 2. The van der Waals surface area contributed by atoms with E-state index in [-0.39, 0.29) is 5.91 Å². The first kappa shape index (κ1) is 16.7. The van der Waals surface area contributed by atoms with E-state index in [9.17, 15) is 4.79 Å². The van der Waals surface area contributed by atoms with E-state index >= 15 is 0 Å². The van der Waals surface area contributed by atoms with Crippen LogP contribution in [-0.2, 0) is 0 Å². The number of carbonyl (C=O) groups is 1. The number of amides is 1. The van der Waals surface area contributed by atoms with Gasteiger partial charge in [0.2, 0.25) is 0 Å². The summed E-state index contributed by atoms with van der Waals surface area (Å²) >= 11 is 0. The Morgan fingerprint density at radius 3 is 2.57 bits per heavy atom. The van der Waals surface area contributed by atoms with Gasteiger partial charge < -0.3 is 10.1 Å². The fraction of sp³-hybridized carbons (Fsp3) is 0.278. The highest BCUT2D eigenvalue weighted by atomic mass is 16.5. The van der Waals surface area contributed by atoms with Crippen LogP contribution in [0.1, 0.15) is 34.8 Å². The largest absolute Gasteiger partial charge is 0.496 e. The normalized spacial score (nSPS) is 10.8. The predicted octanol–water partition coefficient (Wildman–Crippen LogP) is 3.42. The minimum atomic E-state index is -0.181. The van der Waals surface area contributed by atoms with Gasteiger partial charge in [-0.2, -0.15) is 0 Å². The molecule has 1 aromatic carbocycles. The Balaban J connectivity index is 2.45. The smallest absolute Gasteiger partial charge is 0.255 e. The molecule has 0 saturated heterocycles. The number of rotatable bonds is 5. The number of nitrogens with one attached hydrogen (secondary N) is 1. The lowest BCUT2D eigenvalue weighted by Gasteiger charge is -2.12. The quantitative estimate of drug-likeness (QED) is 0.919. The van der Waals surface area contributed by atoms with Gasteiger partial charge in [-0.15, -0.1) is 0 Å². The standard InChI is InChI=1S/C18H21N3O2/c1-5-6-7-19-18(22)15-8-14(9-16(23-4)13(15)3)17-20-10-12(2)11-21-17/h6-11H,5H2,1-4H3,(H,19,22)/b7-6+. The van der Waals surface area contributed by atoms with Gasteiger partial charge in [-0.1, -0.05) is 13.0 Å². The first-order chi connectivity index (χ1) is 11.1. The average Bonchev–Trinajstić information content (AvgIpc) is 2.56. The number of carbonyl (C=O) groups excluding carboxylic acids is 1. The topological polar surface area (TPSA) is 64.1 Å². The molecular weight excluding hydrogens is 290 g/mol. The molecule has 0 radical (unpaired) electrons. The molecule has 5 nitrogen and oxygen atoms in total. The molecular formula is C18H21N3O2. The summed E-state index contributed by atoms with van der Waals surface area (Å²) in [5.41, 5.74) is 3.06. The number of methoxy groups -OCH3 is 1. The number of aryl methyl sites for hydroxylation is 1. The van der Waals surface area contributed by atoms with Crippen molar-refractivity contribution in [2.75, 3.05) is 7.11 Å². The number of hydrogen-bond donors (Lipinski definition) is 1. The third-order valence-corrected chi connectivity index (χ3v) is 3.43. The summed E-state index contributed by atoms with van der Waals surface area (Å²) in [4.78, 5) is 21.0. The third kappa shape index (κ3) is 3.94. The summed E-state index contributed by atoms with van der Waals surface area (Å²) < 4.78 is 5.39. The van der Waals surface area contributed by atoms with Crippen molar-refractivity contribution in [2.24, 2.45) is 0 Å². The van der Waals surface area contributed by atoms with Gasteiger partial charge in [0.05, 0.1) is 7.11 Å². The van der Waals surface area contributed by atoms with E-state index in [0.717, 1.165) is 23.1 Å². The molecule has 0 atom stereocenters. The van der Waals surface area contributed by atoms with E-state index in [1.807, 2.05) is 32.9 Å². The lowest BCUT2D eigenvalue weighted by molar-refractivity contribution is 0.0969. The minimum absolute atomic E-state index is 0.181. The molecule has 2 aromatic rings.